The van der Waals surface area contributed by atoms with Crippen LogP contribution in [0.1, 0.15) is 25.3 Å². The molecule has 0 fully saturated rings. The van der Waals surface area contributed by atoms with Crippen LogP contribution >= 0.6 is 0 Å². The maximum atomic E-state index is 10.9. The summed E-state index contributed by atoms with van der Waals surface area (Å²) in [6, 6.07) is 7.84. The molecule has 0 heterocycles. The lowest BCUT2D eigenvalue weighted by Crippen LogP contribution is -2.30. The van der Waals surface area contributed by atoms with E-state index in [-0.39, 0.29) is 12.0 Å². The third kappa shape index (κ3) is 4.31. The maximum Gasteiger partial charge on any atom is 0.234 e. The Balaban J connectivity index is 2.36. The van der Waals surface area contributed by atoms with Gasteiger partial charge < -0.3 is 4.74 Å². The Morgan fingerprint density at radius 2 is 2.06 bits per heavy atom. The molecule has 1 amide bonds. The number of carbonyl (C=O) groups is 1. The predicted molar refractivity (Wildman–Crippen MR) is 62.8 cm³/mol. The number of rotatable bonds is 5. The lowest BCUT2D eigenvalue weighted by molar-refractivity contribution is -0.121. The fourth-order valence-electron chi connectivity index (χ4n) is 1.31. The predicted octanol–water partition coefficient (Wildman–Crippen LogP) is 1.53. The second-order valence-corrected chi connectivity index (χ2v) is 3.85. The van der Waals surface area contributed by atoms with Crippen molar-refractivity contribution in [2.45, 2.75) is 32.8 Å². The Morgan fingerprint density at radius 3 is 2.62 bits per heavy atom. The maximum absolute atomic E-state index is 10.9. The van der Waals surface area contributed by atoms with E-state index in [1.165, 1.54) is 5.56 Å². The Kier molecular flexibility index (Phi) is 4.79. The van der Waals surface area contributed by atoms with Crippen LogP contribution in [0.25, 0.3) is 0 Å². The Hall–Kier alpha value is -1.55. The molecular weight excluding hydrogens is 204 g/mol. The summed E-state index contributed by atoms with van der Waals surface area (Å²) in [5.74, 6) is 5.65. The van der Waals surface area contributed by atoms with E-state index >= 15 is 0 Å². The smallest absolute Gasteiger partial charge is 0.234 e. The summed E-state index contributed by atoms with van der Waals surface area (Å²) in [5.41, 5.74) is 3.29. The minimum absolute atomic E-state index is 0.00000567. The van der Waals surface area contributed by atoms with E-state index in [2.05, 4.69) is 5.43 Å². The first-order valence-electron chi connectivity index (χ1n) is 5.34. The van der Waals surface area contributed by atoms with E-state index in [0.29, 0.717) is 12.8 Å². The molecule has 0 aliphatic carbocycles. The molecule has 1 aromatic carbocycles. The molecule has 1 atom stereocenters. The number of hydrazine groups is 1. The molecule has 0 aliphatic heterocycles. The standard InChI is InChI=1S/C12H18N2O2/c1-9-3-6-11(7-4-9)16-10(2)5-8-12(15)14-13/h3-4,6-7,10H,5,8,13H2,1-2H3,(H,14,15). The number of nitrogens with two attached hydrogens (primary N) is 1. The SMILES string of the molecule is Cc1ccc(OC(C)CCC(=O)NN)cc1. The highest BCUT2D eigenvalue weighted by molar-refractivity contribution is 5.75. The Morgan fingerprint density at radius 1 is 1.44 bits per heavy atom. The van der Waals surface area contributed by atoms with Gasteiger partial charge in [0, 0.05) is 6.42 Å². The Bertz CT molecular complexity index is 335. The van der Waals surface area contributed by atoms with E-state index < -0.39 is 0 Å². The van der Waals surface area contributed by atoms with Crippen molar-refractivity contribution in [3.05, 3.63) is 29.8 Å². The van der Waals surface area contributed by atoms with Gasteiger partial charge in [-0.05, 0) is 32.4 Å². The molecule has 0 bridgehead atoms. The first-order chi connectivity index (χ1) is 7.61. The summed E-state index contributed by atoms with van der Waals surface area (Å²) in [7, 11) is 0. The second-order valence-electron chi connectivity index (χ2n) is 3.85. The van der Waals surface area contributed by atoms with Crippen LogP contribution in [-0.4, -0.2) is 12.0 Å². The Labute approximate surface area is 95.8 Å². The molecule has 0 radical (unpaired) electrons. The number of nitrogens with one attached hydrogen (secondary N) is 1. The van der Waals surface area contributed by atoms with E-state index in [1.54, 1.807) is 0 Å². The lowest BCUT2D eigenvalue weighted by atomic mass is 10.2. The van der Waals surface area contributed by atoms with Crippen LogP contribution in [0.5, 0.6) is 5.75 Å². The second kappa shape index (κ2) is 6.12. The van der Waals surface area contributed by atoms with Crippen molar-refractivity contribution >= 4 is 5.91 Å². The monoisotopic (exact) mass is 222 g/mol. The van der Waals surface area contributed by atoms with Crippen LogP contribution in [0, 0.1) is 6.92 Å². The number of amides is 1. The zero-order valence-electron chi connectivity index (χ0n) is 9.69. The molecule has 0 aromatic heterocycles. The number of hydrogen-bond donors (Lipinski definition) is 2. The van der Waals surface area contributed by atoms with Gasteiger partial charge in [0.15, 0.2) is 0 Å². The van der Waals surface area contributed by atoms with E-state index in [9.17, 15) is 4.79 Å². The number of aryl methyl sites for hydroxylation is 1. The van der Waals surface area contributed by atoms with Crippen LogP contribution in [0.3, 0.4) is 0 Å². The summed E-state index contributed by atoms with van der Waals surface area (Å²) in [6.07, 6.45) is 1.03. The molecule has 88 valence electrons. The molecular formula is C12H18N2O2. The van der Waals surface area contributed by atoms with Crippen LogP contribution in [0.2, 0.25) is 0 Å². The van der Waals surface area contributed by atoms with Gasteiger partial charge in [-0.25, -0.2) is 5.84 Å². The zero-order valence-corrected chi connectivity index (χ0v) is 9.69. The van der Waals surface area contributed by atoms with Crippen molar-refractivity contribution < 1.29 is 9.53 Å². The molecule has 1 rings (SSSR count). The molecule has 4 heteroatoms. The van der Waals surface area contributed by atoms with Gasteiger partial charge in [-0.2, -0.15) is 0 Å². The highest BCUT2D eigenvalue weighted by atomic mass is 16.5. The van der Waals surface area contributed by atoms with Gasteiger partial charge in [0.2, 0.25) is 5.91 Å². The molecule has 0 spiro atoms. The van der Waals surface area contributed by atoms with Crippen molar-refractivity contribution in [3.63, 3.8) is 0 Å². The first kappa shape index (κ1) is 12.5. The largest absolute Gasteiger partial charge is 0.491 e. The summed E-state index contributed by atoms with van der Waals surface area (Å²) < 4.78 is 5.64. The number of hydrogen-bond acceptors (Lipinski definition) is 3. The van der Waals surface area contributed by atoms with Crippen molar-refractivity contribution in [2.75, 3.05) is 0 Å². The molecule has 3 N–H and O–H groups in total. The lowest BCUT2D eigenvalue weighted by Gasteiger charge is -2.14. The van der Waals surface area contributed by atoms with Crippen molar-refractivity contribution in [1.29, 1.82) is 0 Å². The quantitative estimate of drug-likeness (QED) is 0.451. The number of carbonyl (C=O) groups excluding carboxylic acids is 1. The minimum atomic E-state index is -0.167. The van der Waals surface area contributed by atoms with Gasteiger partial charge in [-0.1, -0.05) is 17.7 Å². The van der Waals surface area contributed by atoms with Crippen LogP contribution in [0.4, 0.5) is 0 Å². The van der Waals surface area contributed by atoms with Gasteiger partial charge in [0.25, 0.3) is 0 Å². The highest BCUT2D eigenvalue weighted by Gasteiger charge is 2.06. The van der Waals surface area contributed by atoms with Crippen LogP contribution in [0.15, 0.2) is 24.3 Å². The average molecular weight is 222 g/mol. The minimum Gasteiger partial charge on any atom is -0.491 e. The van der Waals surface area contributed by atoms with E-state index in [1.807, 2.05) is 38.1 Å². The summed E-state index contributed by atoms with van der Waals surface area (Å²) in [6.45, 7) is 3.96. The molecule has 0 aliphatic rings. The molecule has 4 nitrogen and oxygen atoms in total. The number of ether oxygens (including phenoxy) is 1. The fourth-order valence-corrected chi connectivity index (χ4v) is 1.31. The van der Waals surface area contributed by atoms with E-state index in [0.717, 1.165) is 5.75 Å². The molecule has 0 saturated carbocycles. The third-order valence-corrected chi connectivity index (χ3v) is 2.30. The van der Waals surface area contributed by atoms with Gasteiger partial charge in [0.1, 0.15) is 5.75 Å². The van der Waals surface area contributed by atoms with Crippen molar-refractivity contribution in [2.24, 2.45) is 5.84 Å². The number of benzene rings is 1. The molecule has 1 unspecified atom stereocenters. The molecule has 16 heavy (non-hydrogen) atoms. The fraction of sp³-hybridized carbons (Fsp3) is 0.417. The average Bonchev–Trinajstić information content (AvgIpc) is 2.29. The van der Waals surface area contributed by atoms with Crippen LogP contribution in [-0.2, 0) is 4.79 Å². The summed E-state index contributed by atoms with van der Waals surface area (Å²) in [5, 5.41) is 0. The first-order valence-corrected chi connectivity index (χ1v) is 5.34. The third-order valence-electron chi connectivity index (χ3n) is 2.30. The van der Waals surface area contributed by atoms with Crippen molar-refractivity contribution in [1.82, 2.24) is 5.43 Å². The van der Waals surface area contributed by atoms with E-state index in [4.69, 9.17) is 10.6 Å². The topological polar surface area (TPSA) is 64.3 Å². The normalized spacial score (nSPS) is 11.9. The van der Waals surface area contributed by atoms with Crippen molar-refractivity contribution in [3.8, 4) is 5.75 Å². The van der Waals surface area contributed by atoms with Gasteiger partial charge >= 0.3 is 0 Å². The molecule has 0 saturated heterocycles. The summed E-state index contributed by atoms with van der Waals surface area (Å²) >= 11 is 0. The highest BCUT2D eigenvalue weighted by Crippen LogP contribution is 2.14. The van der Waals surface area contributed by atoms with Gasteiger partial charge in [0.05, 0.1) is 6.10 Å². The molecule has 1 aromatic rings. The van der Waals surface area contributed by atoms with Gasteiger partial charge in [-0.3, -0.25) is 10.2 Å². The van der Waals surface area contributed by atoms with Crippen LogP contribution < -0.4 is 16.0 Å². The van der Waals surface area contributed by atoms with Gasteiger partial charge in [-0.15, -0.1) is 0 Å². The zero-order chi connectivity index (χ0) is 12.0. The summed E-state index contributed by atoms with van der Waals surface area (Å²) in [4.78, 5) is 10.9.